The summed E-state index contributed by atoms with van der Waals surface area (Å²) in [5.74, 6) is -0.530. The first-order valence-corrected chi connectivity index (χ1v) is 9.32. The Morgan fingerprint density at radius 1 is 1.15 bits per heavy atom. The summed E-state index contributed by atoms with van der Waals surface area (Å²) in [6.07, 6.45) is 3.71. The Morgan fingerprint density at radius 3 is 2.56 bits per heavy atom. The average Bonchev–Trinajstić information content (AvgIpc) is 3.04. The molecule has 3 aliphatic rings. The van der Waals surface area contributed by atoms with Gasteiger partial charge in [-0.3, -0.25) is 0 Å². The second-order valence-corrected chi connectivity index (χ2v) is 7.47. The lowest BCUT2D eigenvalue weighted by molar-refractivity contribution is 0.0974. The van der Waals surface area contributed by atoms with Crippen molar-refractivity contribution in [1.82, 2.24) is 24.5 Å². The maximum atomic E-state index is 14.3. The van der Waals surface area contributed by atoms with Crippen LogP contribution in [-0.2, 0) is 0 Å². The van der Waals surface area contributed by atoms with Gasteiger partial charge in [-0.05, 0) is 44.0 Å². The summed E-state index contributed by atoms with van der Waals surface area (Å²) in [7, 11) is 0. The van der Waals surface area contributed by atoms with Crippen molar-refractivity contribution in [3.8, 4) is 11.4 Å². The second kappa shape index (κ2) is 6.38. The molecule has 0 spiro atoms. The zero-order chi connectivity index (χ0) is 18.5. The summed E-state index contributed by atoms with van der Waals surface area (Å²) in [6.45, 7) is 3.14. The molecule has 1 N–H and O–H groups in total. The maximum absolute atomic E-state index is 14.3. The van der Waals surface area contributed by atoms with E-state index in [1.165, 1.54) is 28.9 Å². The molecule has 5 heterocycles. The van der Waals surface area contributed by atoms with Gasteiger partial charge in [-0.2, -0.15) is 4.52 Å². The lowest BCUT2D eigenvalue weighted by atomic mass is 9.84. The van der Waals surface area contributed by atoms with Crippen molar-refractivity contribution in [2.24, 2.45) is 5.92 Å². The van der Waals surface area contributed by atoms with Crippen LogP contribution < -0.4 is 5.32 Å². The fourth-order valence-corrected chi connectivity index (χ4v) is 4.24. The normalized spacial score (nSPS) is 24.5. The molecular formula is C18H17ClF2N6. The van der Waals surface area contributed by atoms with E-state index < -0.39 is 11.6 Å². The van der Waals surface area contributed by atoms with Gasteiger partial charge >= 0.3 is 0 Å². The van der Waals surface area contributed by atoms with Gasteiger partial charge in [0.1, 0.15) is 11.6 Å². The highest BCUT2D eigenvalue weighted by Crippen LogP contribution is 2.31. The van der Waals surface area contributed by atoms with Gasteiger partial charge in [-0.1, -0.05) is 17.7 Å². The summed E-state index contributed by atoms with van der Waals surface area (Å²) >= 11 is 6.18. The molecule has 3 aliphatic heterocycles. The molecule has 0 saturated carbocycles. The van der Waals surface area contributed by atoms with E-state index in [1.54, 1.807) is 0 Å². The third-order valence-corrected chi connectivity index (χ3v) is 5.74. The number of aromatic nitrogens is 4. The minimum atomic E-state index is -0.723. The molecule has 0 aliphatic carbocycles. The highest BCUT2D eigenvalue weighted by atomic mass is 35.5. The summed E-state index contributed by atoms with van der Waals surface area (Å²) in [5.41, 5.74) is 0.165. The molecule has 140 valence electrons. The van der Waals surface area contributed by atoms with Gasteiger partial charge in [-0.15, -0.1) is 5.10 Å². The Morgan fingerprint density at radius 2 is 1.89 bits per heavy atom. The van der Waals surface area contributed by atoms with Crippen LogP contribution in [0, 0.1) is 17.6 Å². The summed E-state index contributed by atoms with van der Waals surface area (Å²) in [5, 5.41) is 7.90. The number of fused-ring (bicyclic) bond motifs is 4. The number of piperidine rings is 3. The highest BCUT2D eigenvalue weighted by molar-refractivity contribution is 6.29. The largest absolute Gasteiger partial charge is 0.363 e. The third kappa shape index (κ3) is 2.83. The van der Waals surface area contributed by atoms with Crippen molar-refractivity contribution >= 4 is 23.1 Å². The predicted molar refractivity (Wildman–Crippen MR) is 97.7 cm³/mol. The quantitative estimate of drug-likeness (QED) is 0.744. The molecule has 0 radical (unpaired) electrons. The Bertz CT molecular complexity index is 994. The van der Waals surface area contributed by atoms with Crippen molar-refractivity contribution < 1.29 is 8.78 Å². The van der Waals surface area contributed by atoms with Crippen LogP contribution in [0.3, 0.4) is 0 Å². The molecule has 1 aromatic carbocycles. The number of hydrogen-bond acceptors (Lipinski definition) is 5. The summed E-state index contributed by atoms with van der Waals surface area (Å²) in [6, 6.07) is 3.88. The molecule has 27 heavy (non-hydrogen) atoms. The lowest BCUT2D eigenvalue weighted by Crippen LogP contribution is -2.53. The third-order valence-electron chi connectivity index (χ3n) is 5.49. The van der Waals surface area contributed by atoms with Gasteiger partial charge in [0.05, 0.1) is 11.8 Å². The van der Waals surface area contributed by atoms with Crippen LogP contribution in [-0.4, -0.2) is 50.2 Å². The maximum Gasteiger partial charge on any atom is 0.198 e. The first kappa shape index (κ1) is 16.8. The minimum absolute atomic E-state index is 0.0678. The standard InChI is InChI=1S/C18H17ClF2N6/c19-14-8-22-18-17(23-13-9-26-6-4-10(13)5-7-26)24-16(25-27(14)18)15-11(20)2-1-3-12(15)21/h1-3,8,10,13H,4-7,9H2,(H,23,24,25). The van der Waals surface area contributed by atoms with Crippen molar-refractivity contribution in [1.29, 1.82) is 0 Å². The van der Waals surface area contributed by atoms with E-state index in [-0.39, 0.29) is 22.6 Å². The number of halogens is 3. The van der Waals surface area contributed by atoms with Crippen molar-refractivity contribution in [3.63, 3.8) is 0 Å². The van der Waals surface area contributed by atoms with E-state index >= 15 is 0 Å². The van der Waals surface area contributed by atoms with Gasteiger partial charge in [0, 0.05) is 12.6 Å². The minimum Gasteiger partial charge on any atom is -0.363 e. The molecule has 2 aromatic heterocycles. The number of anilines is 1. The zero-order valence-electron chi connectivity index (χ0n) is 14.4. The fraction of sp³-hybridized carbons (Fsp3) is 0.389. The molecule has 3 aromatic rings. The molecule has 1 atom stereocenters. The highest BCUT2D eigenvalue weighted by Gasteiger charge is 2.35. The summed E-state index contributed by atoms with van der Waals surface area (Å²) < 4.78 is 29.9. The van der Waals surface area contributed by atoms with Gasteiger partial charge in [0.15, 0.2) is 22.4 Å². The van der Waals surface area contributed by atoms with Crippen LogP contribution in [0.1, 0.15) is 12.8 Å². The van der Waals surface area contributed by atoms with Crippen molar-refractivity contribution in [3.05, 3.63) is 41.2 Å². The molecule has 3 fully saturated rings. The lowest BCUT2D eigenvalue weighted by Gasteiger charge is -2.45. The van der Waals surface area contributed by atoms with E-state index in [4.69, 9.17) is 11.6 Å². The first-order chi connectivity index (χ1) is 13.1. The van der Waals surface area contributed by atoms with Crippen LogP contribution in [0.4, 0.5) is 14.6 Å². The van der Waals surface area contributed by atoms with Crippen LogP contribution >= 0.6 is 11.6 Å². The fourth-order valence-electron chi connectivity index (χ4n) is 4.07. The zero-order valence-corrected chi connectivity index (χ0v) is 15.1. The van der Waals surface area contributed by atoms with E-state index in [0.29, 0.717) is 17.4 Å². The van der Waals surface area contributed by atoms with Gasteiger partial charge in [0.2, 0.25) is 0 Å². The average molecular weight is 391 g/mol. The Balaban J connectivity index is 1.61. The van der Waals surface area contributed by atoms with Crippen LogP contribution in [0.15, 0.2) is 24.4 Å². The molecular weight excluding hydrogens is 374 g/mol. The molecule has 6 rings (SSSR count). The van der Waals surface area contributed by atoms with E-state index in [2.05, 4.69) is 25.3 Å². The number of benzene rings is 1. The number of nitrogens with zero attached hydrogens (tertiary/aromatic N) is 5. The number of hydrogen-bond donors (Lipinski definition) is 1. The molecule has 2 bridgehead atoms. The number of rotatable bonds is 3. The predicted octanol–water partition coefficient (Wildman–Crippen LogP) is 3.23. The van der Waals surface area contributed by atoms with E-state index in [0.717, 1.165) is 32.5 Å². The van der Waals surface area contributed by atoms with Crippen molar-refractivity contribution in [2.75, 3.05) is 25.0 Å². The van der Waals surface area contributed by atoms with E-state index in [1.807, 2.05) is 0 Å². The van der Waals surface area contributed by atoms with Gasteiger partial charge in [-0.25, -0.2) is 18.7 Å². The summed E-state index contributed by atoms with van der Waals surface area (Å²) in [4.78, 5) is 11.1. The SMILES string of the molecule is Fc1cccc(F)c1-c1nc(NC2CN3CCC2CC3)c2ncc(Cl)n2n1. The monoisotopic (exact) mass is 390 g/mol. The van der Waals surface area contributed by atoms with Gasteiger partial charge < -0.3 is 10.2 Å². The molecule has 9 heteroatoms. The van der Waals surface area contributed by atoms with Crippen LogP contribution in [0.2, 0.25) is 5.15 Å². The van der Waals surface area contributed by atoms with Gasteiger partial charge in [0.25, 0.3) is 0 Å². The molecule has 1 unspecified atom stereocenters. The Hall–Kier alpha value is -2.32. The first-order valence-electron chi connectivity index (χ1n) is 8.94. The van der Waals surface area contributed by atoms with Crippen LogP contribution in [0.5, 0.6) is 0 Å². The molecule has 0 amide bonds. The van der Waals surface area contributed by atoms with E-state index in [9.17, 15) is 8.78 Å². The Labute approximate surface area is 159 Å². The molecule has 6 nitrogen and oxygen atoms in total. The second-order valence-electron chi connectivity index (χ2n) is 7.09. The molecule has 3 saturated heterocycles. The van der Waals surface area contributed by atoms with Crippen LogP contribution in [0.25, 0.3) is 17.0 Å². The topological polar surface area (TPSA) is 58.4 Å². The number of imidazole rings is 1. The number of nitrogens with one attached hydrogen (secondary N) is 1. The van der Waals surface area contributed by atoms with Crippen molar-refractivity contribution in [2.45, 2.75) is 18.9 Å². The smallest absolute Gasteiger partial charge is 0.198 e. The Kier molecular flexibility index (Phi) is 3.98.